The van der Waals surface area contributed by atoms with Crippen molar-refractivity contribution in [3.63, 3.8) is 0 Å². The van der Waals surface area contributed by atoms with Crippen LogP contribution in [0.5, 0.6) is 0 Å². The topological polar surface area (TPSA) is 30.3 Å². The Morgan fingerprint density at radius 3 is 2.55 bits per heavy atom. The van der Waals surface area contributed by atoms with Crippen molar-refractivity contribution in [1.29, 1.82) is 0 Å². The smallest absolute Gasteiger partial charge is 0.202 e. The maximum atomic E-state index is 6.03. The van der Waals surface area contributed by atoms with Crippen LogP contribution in [-0.4, -0.2) is 41.7 Å². The average molecular weight is 294 g/mol. The molecule has 0 saturated carbocycles. The highest BCUT2D eigenvalue weighted by Gasteiger charge is 2.18. The molecule has 0 spiro atoms. The summed E-state index contributed by atoms with van der Waals surface area (Å²) in [4.78, 5) is 6.47. The van der Waals surface area contributed by atoms with Crippen molar-refractivity contribution < 1.29 is 4.74 Å². The van der Waals surface area contributed by atoms with E-state index in [0.717, 1.165) is 17.8 Å². The van der Waals surface area contributed by atoms with Gasteiger partial charge in [-0.05, 0) is 31.3 Å². The average Bonchev–Trinajstić information content (AvgIpc) is 2.75. The van der Waals surface area contributed by atoms with Gasteiger partial charge < -0.3 is 14.2 Å². The number of rotatable bonds is 6. The maximum absolute atomic E-state index is 6.03. The van der Waals surface area contributed by atoms with E-state index < -0.39 is 0 Å². The van der Waals surface area contributed by atoms with Gasteiger partial charge in [0.2, 0.25) is 5.28 Å². The molecule has 2 aromatic rings. The Balaban J connectivity index is 2.20. The van der Waals surface area contributed by atoms with E-state index in [2.05, 4.69) is 9.88 Å². The monoisotopic (exact) mass is 293 g/mol. The van der Waals surface area contributed by atoms with E-state index in [-0.39, 0.29) is 6.10 Å². The molecule has 0 aliphatic heterocycles. The second-order valence-electron chi connectivity index (χ2n) is 5.01. The van der Waals surface area contributed by atoms with E-state index in [4.69, 9.17) is 16.3 Å². The van der Waals surface area contributed by atoms with E-state index >= 15 is 0 Å². The Bertz CT molecular complexity index is 520. The number of nitrogens with zero attached hydrogens (tertiary/aromatic N) is 3. The third-order valence-electron chi connectivity index (χ3n) is 3.03. The summed E-state index contributed by atoms with van der Waals surface area (Å²) >= 11 is 6.03. The largest absolute Gasteiger partial charge is 0.366 e. The van der Waals surface area contributed by atoms with Gasteiger partial charge in [0.25, 0.3) is 0 Å². The fourth-order valence-corrected chi connectivity index (χ4v) is 2.07. The summed E-state index contributed by atoms with van der Waals surface area (Å²) in [7, 11) is 5.93. The highest BCUT2D eigenvalue weighted by atomic mass is 35.5. The van der Waals surface area contributed by atoms with Crippen LogP contribution in [0.2, 0.25) is 5.28 Å². The van der Waals surface area contributed by atoms with Crippen LogP contribution < -0.4 is 0 Å². The van der Waals surface area contributed by atoms with E-state index in [9.17, 15) is 0 Å². The minimum atomic E-state index is -0.185. The number of hydrogen-bond acceptors (Lipinski definition) is 3. The van der Waals surface area contributed by atoms with Gasteiger partial charge in [-0.2, -0.15) is 0 Å². The van der Waals surface area contributed by atoms with Crippen molar-refractivity contribution in [1.82, 2.24) is 14.5 Å². The van der Waals surface area contributed by atoms with Gasteiger partial charge in [0, 0.05) is 19.8 Å². The second kappa shape index (κ2) is 6.88. The van der Waals surface area contributed by atoms with Crippen molar-refractivity contribution in [2.45, 2.75) is 6.10 Å². The number of ether oxygens (including phenoxy) is 1. The zero-order valence-electron chi connectivity index (χ0n) is 12.1. The summed E-state index contributed by atoms with van der Waals surface area (Å²) in [5.74, 6) is 0. The minimum absolute atomic E-state index is 0.185. The van der Waals surface area contributed by atoms with Crippen LogP contribution in [0, 0.1) is 0 Å². The Hall–Kier alpha value is -1.36. The molecule has 0 aliphatic rings. The third kappa shape index (κ3) is 3.82. The number of imidazole rings is 1. The van der Waals surface area contributed by atoms with Gasteiger partial charge in [-0.15, -0.1) is 0 Å². The molecule has 1 aromatic carbocycles. The fourth-order valence-electron chi connectivity index (χ4n) is 1.93. The summed E-state index contributed by atoms with van der Waals surface area (Å²) in [5.41, 5.74) is 1.92. The van der Waals surface area contributed by atoms with E-state index in [1.54, 1.807) is 4.57 Å². The summed E-state index contributed by atoms with van der Waals surface area (Å²) in [6.07, 6.45) is 1.73. The summed E-state index contributed by atoms with van der Waals surface area (Å²) in [5, 5.41) is 0.470. The van der Waals surface area contributed by atoms with Crippen LogP contribution in [0.3, 0.4) is 0 Å². The van der Waals surface area contributed by atoms with Crippen LogP contribution in [0.4, 0.5) is 0 Å². The van der Waals surface area contributed by atoms with Gasteiger partial charge in [0.05, 0.1) is 12.3 Å². The molecule has 108 valence electrons. The van der Waals surface area contributed by atoms with Gasteiger partial charge in [-0.3, -0.25) is 0 Å². The van der Waals surface area contributed by atoms with Crippen LogP contribution >= 0.6 is 11.6 Å². The van der Waals surface area contributed by atoms with Crippen LogP contribution in [0.25, 0.3) is 0 Å². The lowest BCUT2D eigenvalue weighted by atomic mass is 10.1. The van der Waals surface area contributed by atoms with Crippen LogP contribution in [-0.2, 0) is 11.8 Å². The van der Waals surface area contributed by atoms with Gasteiger partial charge >= 0.3 is 0 Å². The first-order valence-electron chi connectivity index (χ1n) is 6.58. The molecular weight excluding hydrogens is 274 g/mol. The van der Waals surface area contributed by atoms with Gasteiger partial charge in [-0.25, -0.2) is 4.98 Å². The van der Waals surface area contributed by atoms with Crippen molar-refractivity contribution >= 4 is 11.6 Å². The standard InChI is InChI=1S/C15H20ClN3O/c1-18(2)9-10-20-14(12-7-5-4-6-8-12)13-11-19(3)15(16)17-13/h4-8,11,14H,9-10H2,1-3H3. The molecule has 0 saturated heterocycles. The molecule has 0 bridgehead atoms. The third-order valence-corrected chi connectivity index (χ3v) is 3.38. The molecule has 1 heterocycles. The Morgan fingerprint density at radius 1 is 1.30 bits per heavy atom. The molecule has 0 amide bonds. The van der Waals surface area contributed by atoms with E-state index in [0.29, 0.717) is 11.9 Å². The van der Waals surface area contributed by atoms with Gasteiger partial charge in [0.15, 0.2) is 0 Å². The molecule has 0 fully saturated rings. The zero-order chi connectivity index (χ0) is 14.5. The molecule has 0 radical (unpaired) electrons. The summed E-state index contributed by atoms with van der Waals surface area (Å²) < 4.78 is 7.81. The molecular formula is C15H20ClN3O. The number of likely N-dealkylation sites (N-methyl/N-ethyl adjacent to an activating group) is 1. The Morgan fingerprint density at radius 2 is 2.00 bits per heavy atom. The summed E-state index contributed by atoms with van der Waals surface area (Å²) in [6, 6.07) is 10.1. The maximum Gasteiger partial charge on any atom is 0.202 e. The number of aromatic nitrogens is 2. The zero-order valence-corrected chi connectivity index (χ0v) is 12.8. The molecule has 1 unspecified atom stereocenters. The highest BCUT2D eigenvalue weighted by Crippen LogP contribution is 2.26. The predicted molar refractivity (Wildman–Crippen MR) is 81.0 cm³/mol. The molecule has 1 aromatic heterocycles. The molecule has 4 nitrogen and oxygen atoms in total. The quantitative estimate of drug-likeness (QED) is 0.820. The highest BCUT2D eigenvalue weighted by molar-refractivity contribution is 6.28. The van der Waals surface area contributed by atoms with Crippen molar-refractivity contribution in [3.05, 3.63) is 53.1 Å². The lowest BCUT2D eigenvalue weighted by Gasteiger charge is -2.18. The van der Waals surface area contributed by atoms with Crippen molar-refractivity contribution in [2.24, 2.45) is 7.05 Å². The Labute approximate surface area is 124 Å². The minimum Gasteiger partial charge on any atom is -0.366 e. The van der Waals surface area contributed by atoms with E-state index in [1.165, 1.54) is 0 Å². The van der Waals surface area contributed by atoms with Crippen LogP contribution in [0.1, 0.15) is 17.4 Å². The molecule has 2 rings (SSSR count). The van der Waals surface area contributed by atoms with Crippen LogP contribution in [0.15, 0.2) is 36.5 Å². The molecule has 1 atom stereocenters. The fraction of sp³-hybridized carbons (Fsp3) is 0.400. The SMILES string of the molecule is CN(C)CCOC(c1ccccc1)c1cn(C)c(Cl)n1. The molecule has 0 N–H and O–H groups in total. The first-order valence-corrected chi connectivity index (χ1v) is 6.95. The number of halogens is 1. The van der Waals surface area contributed by atoms with Crippen molar-refractivity contribution in [2.75, 3.05) is 27.2 Å². The summed E-state index contributed by atoms with van der Waals surface area (Å²) in [6.45, 7) is 1.50. The normalized spacial score (nSPS) is 12.8. The molecule has 20 heavy (non-hydrogen) atoms. The van der Waals surface area contributed by atoms with Crippen molar-refractivity contribution in [3.8, 4) is 0 Å². The molecule has 5 heteroatoms. The lowest BCUT2D eigenvalue weighted by Crippen LogP contribution is -2.20. The first-order chi connectivity index (χ1) is 9.58. The second-order valence-corrected chi connectivity index (χ2v) is 5.35. The number of benzene rings is 1. The lowest BCUT2D eigenvalue weighted by molar-refractivity contribution is 0.0664. The number of hydrogen-bond donors (Lipinski definition) is 0. The number of aryl methyl sites for hydroxylation is 1. The predicted octanol–water partition coefficient (Wildman–Crippen LogP) is 2.74. The van der Waals surface area contributed by atoms with Gasteiger partial charge in [0.1, 0.15) is 6.10 Å². The first kappa shape index (κ1) is 15.0. The molecule has 0 aliphatic carbocycles. The van der Waals surface area contributed by atoms with Gasteiger partial charge in [-0.1, -0.05) is 30.3 Å². The Kier molecular flexibility index (Phi) is 5.17. The van der Waals surface area contributed by atoms with E-state index in [1.807, 2.05) is 57.7 Å².